The van der Waals surface area contributed by atoms with Crippen molar-refractivity contribution in [3.63, 3.8) is 0 Å². The second-order valence-electron chi connectivity index (χ2n) is 3.13. The zero-order valence-electron chi connectivity index (χ0n) is 8.70. The fourth-order valence-electron chi connectivity index (χ4n) is 1.15. The zero-order valence-corrected chi connectivity index (χ0v) is 8.70. The van der Waals surface area contributed by atoms with E-state index in [1.165, 1.54) is 12.5 Å². The van der Waals surface area contributed by atoms with Crippen LogP contribution in [0.5, 0.6) is 0 Å². The minimum atomic E-state index is -1.10. The van der Waals surface area contributed by atoms with Crippen molar-refractivity contribution in [2.24, 2.45) is 0 Å². The van der Waals surface area contributed by atoms with Gasteiger partial charge in [0.15, 0.2) is 11.5 Å². The lowest BCUT2D eigenvalue weighted by molar-refractivity contribution is 0.0689. The summed E-state index contributed by atoms with van der Waals surface area (Å²) in [5.74, 6) is -0.0121. The van der Waals surface area contributed by atoms with Crippen molar-refractivity contribution in [1.29, 1.82) is 0 Å². The third kappa shape index (κ3) is 2.97. The third-order valence-electron chi connectivity index (χ3n) is 1.95. The summed E-state index contributed by atoms with van der Waals surface area (Å²) in [6.45, 7) is 0.556. The number of nitrogens with zero attached hydrogens (tertiary/aromatic N) is 4. The molecule has 0 saturated heterocycles. The van der Waals surface area contributed by atoms with E-state index in [9.17, 15) is 4.79 Å². The molecule has 2 N–H and O–H groups in total. The molecule has 0 unspecified atom stereocenters. The van der Waals surface area contributed by atoms with Crippen LogP contribution in [0.3, 0.4) is 0 Å². The van der Waals surface area contributed by atoms with E-state index in [2.05, 4.69) is 30.2 Å². The van der Waals surface area contributed by atoms with Gasteiger partial charge in [-0.1, -0.05) is 5.16 Å². The predicted octanol–water partition coefficient (Wildman–Crippen LogP) is 0.212. The molecule has 2 aromatic rings. The Bertz CT molecular complexity index is 482. The predicted molar refractivity (Wildman–Crippen MR) is 55.5 cm³/mol. The second-order valence-corrected chi connectivity index (χ2v) is 3.13. The van der Waals surface area contributed by atoms with E-state index in [0.29, 0.717) is 24.6 Å². The van der Waals surface area contributed by atoms with Gasteiger partial charge in [0.25, 0.3) is 0 Å². The summed E-state index contributed by atoms with van der Waals surface area (Å²) in [4.78, 5) is 14.4. The number of anilines is 1. The Morgan fingerprint density at radius 3 is 2.88 bits per heavy atom. The van der Waals surface area contributed by atoms with E-state index in [4.69, 9.17) is 5.11 Å². The largest absolute Gasteiger partial charge is 0.476 e. The number of carboxylic acids is 1. The quantitative estimate of drug-likeness (QED) is 0.755. The van der Waals surface area contributed by atoms with Crippen molar-refractivity contribution >= 4 is 11.8 Å². The molecule has 17 heavy (non-hydrogen) atoms. The van der Waals surface area contributed by atoms with E-state index in [1.54, 1.807) is 6.07 Å². The maximum Gasteiger partial charge on any atom is 0.356 e. The van der Waals surface area contributed by atoms with Crippen LogP contribution >= 0.6 is 0 Å². The highest BCUT2D eigenvalue weighted by Crippen LogP contribution is 2.02. The Labute approximate surface area is 95.7 Å². The summed E-state index contributed by atoms with van der Waals surface area (Å²) in [5.41, 5.74) is -0.0892. The van der Waals surface area contributed by atoms with Gasteiger partial charge in [-0.05, 0) is 12.1 Å². The van der Waals surface area contributed by atoms with Crippen molar-refractivity contribution in [3.05, 3.63) is 30.0 Å². The van der Waals surface area contributed by atoms with Gasteiger partial charge in [-0.3, -0.25) is 0 Å². The lowest BCUT2D eigenvalue weighted by atomic mass is 10.3. The summed E-state index contributed by atoms with van der Waals surface area (Å²) in [7, 11) is 0. The highest BCUT2D eigenvalue weighted by Gasteiger charge is 2.05. The number of aromatic carboxylic acids is 1. The maximum absolute atomic E-state index is 10.5. The standard InChI is InChI=1S/C9H9N5O3/c15-9(16)6-1-2-7(13-12-6)10-4-3-8-11-5-17-14-8/h1-2,5H,3-4H2,(H,10,13)(H,15,16). The molecule has 0 amide bonds. The van der Waals surface area contributed by atoms with E-state index >= 15 is 0 Å². The lowest BCUT2D eigenvalue weighted by Crippen LogP contribution is -2.09. The molecule has 0 radical (unpaired) electrons. The van der Waals surface area contributed by atoms with E-state index in [1.807, 2.05) is 0 Å². The van der Waals surface area contributed by atoms with Crippen molar-refractivity contribution in [2.45, 2.75) is 6.42 Å². The third-order valence-corrected chi connectivity index (χ3v) is 1.95. The van der Waals surface area contributed by atoms with Gasteiger partial charge in [-0.2, -0.15) is 4.98 Å². The molecule has 2 aromatic heterocycles. The van der Waals surface area contributed by atoms with Gasteiger partial charge in [0.05, 0.1) is 0 Å². The smallest absolute Gasteiger partial charge is 0.356 e. The average Bonchev–Trinajstić information content (AvgIpc) is 2.83. The first-order valence-electron chi connectivity index (χ1n) is 4.82. The van der Waals surface area contributed by atoms with E-state index in [-0.39, 0.29) is 5.69 Å². The molecule has 8 heteroatoms. The molecule has 0 aliphatic heterocycles. The van der Waals surface area contributed by atoms with Crippen LogP contribution in [0, 0.1) is 0 Å². The molecule has 0 saturated carbocycles. The summed E-state index contributed by atoms with van der Waals surface area (Å²) >= 11 is 0. The van der Waals surface area contributed by atoms with Crippen LogP contribution in [0.2, 0.25) is 0 Å². The SMILES string of the molecule is O=C(O)c1ccc(NCCc2ncon2)nn1. The molecule has 8 nitrogen and oxygen atoms in total. The van der Waals surface area contributed by atoms with Gasteiger partial charge in [-0.15, -0.1) is 10.2 Å². The Morgan fingerprint density at radius 1 is 1.41 bits per heavy atom. The summed E-state index contributed by atoms with van der Waals surface area (Å²) in [6, 6.07) is 2.93. The Balaban J connectivity index is 1.85. The van der Waals surface area contributed by atoms with Gasteiger partial charge in [0.2, 0.25) is 6.39 Å². The summed E-state index contributed by atoms with van der Waals surface area (Å²) < 4.78 is 4.58. The Hall–Kier alpha value is -2.51. The molecule has 2 heterocycles. The molecular weight excluding hydrogens is 226 g/mol. The number of hydrogen-bond acceptors (Lipinski definition) is 7. The number of nitrogens with one attached hydrogen (secondary N) is 1. The van der Waals surface area contributed by atoms with Crippen molar-refractivity contribution in [3.8, 4) is 0 Å². The average molecular weight is 235 g/mol. The van der Waals surface area contributed by atoms with Crippen LogP contribution in [0.15, 0.2) is 23.0 Å². The number of rotatable bonds is 5. The van der Waals surface area contributed by atoms with Crippen LogP contribution in [0.4, 0.5) is 5.82 Å². The van der Waals surface area contributed by atoms with Crippen LogP contribution in [0.25, 0.3) is 0 Å². The molecule has 0 bridgehead atoms. The number of carboxylic acid groups (broad SMARTS) is 1. The van der Waals surface area contributed by atoms with E-state index < -0.39 is 5.97 Å². The van der Waals surface area contributed by atoms with Crippen molar-refractivity contribution < 1.29 is 14.4 Å². The highest BCUT2D eigenvalue weighted by atomic mass is 16.5. The normalized spacial score (nSPS) is 10.1. The summed E-state index contributed by atoms with van der Waals surface area (Å²) in [5, 5.41) is 22.5. The summed E-state index contributed by atoms with van der Waals surface area (Å²) in [6.07, 6.45) is 1.84. The van der Waals surface area contributed by atoms with Crippen LogP contribution in [-0.2, 0) is 6.42 Å². The molecule has 0 aliphatic carbocycles. The van der Waals surface area contributed by atoms with Crippen LogP contribution in [0.1, 0.15) is 16.3 Å². The first kappa shape index (κ1) is 11.0. The topological polar surface area (TPSA) is 114 Å². The highest BCUT2D eigenvalue weighted by molar-refractivity contribution is 5.85. The number of carbonyl (C=O) groups is 1. The van der Waals surface area contributed by atoms with Gasteiger partial charge >= 0.3 is 5.97 Å². The maximum atomic E-state index is 10.5. The van der Waals surface area contributed by atoms with Crippen molar-refractivity contribution in [2.75, 3.05) is 11.9 Å². The molecule has 88 valence electrons. The molecule has 0 fully saturated rings. The van der Waals surface area contributed by atoms with Gasteiger partial charge in [-0.25, -0.2) is 4.79 Å². The first-order valence-corrected chi connectivity index (χ1v) is 4.82. The second kappa shape index (κ2) is 5.01. The van der Waals surface area contributed by atoms with E-state index in [0.717, 1.165) is 0 Å². The minimum absolute atomic E-state index is 0.0892. The molecule has 0 aliphatic rings. The molecule has 2 rings (SSSR count). The van der Waals surface area contributed by atoms with Crippen LogP contribution in [-0.4, -0.2) is 38.0 Å². The fourth-order valence-corrected chi connectivity index (χ4v) is 1.15. The van der Waals surface area contributed by atoms with Gasteiger partial charge in [0.1, 0.15) is 5.82 Å². The molecule has 0 atom stereocenters. The Morgan fingerprint density at radius 2 is 2.29 bits per heavy atom. The van der Waals surface area contributed by atoms with Gasteiger partial charge < -0.3 is 14.9 Å². The lowest BCUT2D eigenvalue weighted by Gasteiger charge is -2.02. The van der Waals surface area contributed by atoms with Gasteiger partial charge in [0, 0.05) is 13.0 Å². The molecular formula is C9H9N5O3. The minimum Gasteiger partial charge on any atom is -0.476 e. The van der Waals surface area contributed by atoms with Crippen LogP contribution < -0.4 is 5.32 Å². The molecule has 0 spiro atoms. The Kier molecular flexibility index (Phi) is 3.24. The fraction of sp³-hybridized carbons (Fsp3) is 0.222. The number of aromatic nitrogens is 4. The monoisotopic (exact) mass is 235 g/mol. The zero-order chi connectivity index (χ0) is 12.1. The van der Waals surface area contributed by atoms with Crippen molar-refractivity contribution in [1.82, 2.24) is 20.3 Å². The molecule has 0 aromatic carbocycles. The first-order chi connectivity index (χ1) is 8.25. The number of hydrogen-bond donors (Lipinski definition) is 2.